The van der Waals surface area contributed by atoms with E-state index in [0.717, 1.165) is 37.3 Å². The number of nitrogens with zero attached hydrogens (tertiary/aromatic N) is 4. The minimum absolute atomic E-state index is 0. The lowest BCUT2D eigenvalue weighted by Crippen LogP contribution is -2.27. The number of benzene rings is 1. The predicted molar refractivity (Wildman–Crippen MR) is 108 cm³/mol. The Labute approximate surface area is 169 Å². The van der Waals surface area contributed by atoms with Crippen LogP contribution in [-0.2, 0) is 7.05 Å². The number of oxazole rings is 1. The highest BCUT2D eigenvalue weighted by molar-refractivity contribution is 6.02. The van der Waals surface area contributed by atoms with Crippen LogP contribution in [-0.4, -0.2) is 38.7 Å². The van der Waals surface area contributed by atoms with E-state index in [1.165, 1.54) is 0 Å². The molecule has 0 atom stereocenters. The van der Waals surface area contributed by atoms with E-state index in [-0.39, 0.29) is 24.1 Å². The van der Waals surface area contributed by atoms with Crippen LogP contribution in [0.4, 0.5) is 5.95 Å². The Hall–Kier alpha value is -2.71. The number of rotatable bonds is 4. The summed E-state index contributed by atoms with van der Waals surface area (Å²) in [5.41, 5.74) is 1.36. The molecule has 1 amide bonds. The molecule has 1 fully saturated rings. The fraction of sp³-hybridized carbons (Fsp3) is 0.368. The zero-order valence-corrected chi connectivity index (χ0v) is 16.6. The van der Waals surface area contributed by atoms with Gasteiger partial charge in [-0.1, -0.05) is 18.2 Å². The molecule has 1 aliphatic heterocycles. The summed E-state index contributed by atoms with van der Waals surface area (Å²) in [5, 5.41) is 10.6. The van der Waals surface area contributed by atoms with Gasteiger partial charge in [-0.2, -0.15) is 10.1 Å². The molecule has 1 saturated heterocycles. The number of halogens is 1. The quantitative estimate of drug-likeness (QED) is 0.696. The second-order valence-electron chi connectivity index (χ2n) is 6.70. The van der Waals surface area contributed by atoms with Gasteiger partial charge in [-0.25, -0.2) is 9.67 Å². The highest BCUT2D eigenvalue weighted by Crippen LogP contribution is 2.24. The Morgan fingerprint density at radius 3 is 2.64 bits per heavy atom. The second-order valence-corrected chi connectivity index (χ2v) is 6.70. The van der Waals surface area contributed by atoms with Gasteiger partial charge < -0.3 is 9.73 Å². The Balaban J connectivity index is 0.00000225. The third kappa shape index (κ3) is 4.07. The van der Waals surface area contributed by atoms with E-state index in [9.17, 15) is 4.79 Å². The highest BCUT2D eigenvalue weighted by atomic mass is 35.5. The van der Waals surface area contributed by atoms with Crippen molar-refractivity contribution in [3.8, 4) is 11.5 Å². The molecular weight excluding hydrogens is 380 g/mol. The molecule has 148 valence electrons. The number of aryl methyl sites for hydroxylation is 2. The molecule has 3 aromatic rings. The van der Waals surface area contributed by atoms with Crippen LogP contribution < -0.4 is 10.6 Å². The van der Waals surface area contributed by atoms with Gasteiger partial charge >= 0.3 is 0 Å². The van der Waals surface area contributed by atoms with E-state index in [1.807, 2.05) is 30.3 Å². The van der Waals surface area contributed by atoms with Gasteiger partial charge in [0.2, 0.25) is 17.6 Å². The number of carbonyl (C=O) groups excluding carboxylic acids is 1. The zero-order valence-electron chi connectivity index (χ0n) is 15.8. The number of hydrogen-bond donors (Lipinski definition) is 2. The molecule has 9 heteroatoms. The second kappa shape index (κ2) is 8.53. The fourth-order valence-electron chi connectivity index (χ4n) is 3.24. The summed E-state index contributed by atoms with van der Waals surface area (Å²) in [6.07, 6.45) is 2.00. The molecular formula is C19H23ClN6O2. The van der Waals surface area contributed by atoms with Crippen LogP contribution >= 0.6 is 12.4 Å². The molecule has 2 N–H and O–H groups in total. The van der Waals surface area contributed by atoms with Crippen LogP contribution in [0.25, 0.3) is 11.5 Å². The third-order valence-electron chi connectivity index (χ3n) is 4.73. The van der Waals surface area contributed by atoms with Crippen LogP contribution in [0.5, 0.6) is 0 Å². The first kappa shape index (κ1) is 20.0. The van der Waals surface area contributed by atoms with Crippen molar-refractivity contribution in [3.63, 3.8) is 0 Å². The molecule has 0 radical (unpaired) electrons. The molecule has 4 rings (SSSR count). The van der Waals surface area contributed by atoms with Crippen molar-refractivity contribution in [3.05, 3.63) is 47.6 Å². The zero-order chi connectivity index (χ0) is 18.8. The van der Waals surface area contributed by atoms with Gasteiger partial charge in [-0.15, -0.1) is 12.4 Å². The van der Waals surface area contributed by atoms with Gasteiger partial charge in [0, 0.05) is 18.5 Å². The van der Waals surface area contributed by atoms with Crippen LogP contribution in [0.3, 0.4) is 0 Å². The van der Waals surface area contributed by atoms with Gasteiger partial charge in [0.05, 0.1) is 5.69 Å². The predicted octanol–water partition coefficient (Wildman–Crippen LogP) is 2.92. The third-order valence-corrected chi connectivity index (χ3v) is 4.73. The van der Waals surface area contributed by atoms with Crippen molar-refractivity contribution < 1.29 is 9.21 Å². The van der Waals surface area contributed by atoms with Crippen LogP contribution in [0.2, 0.25) is 0 Å². The maximum atomic E-state index is 12.7. The molecule has 0 unspecified atom stereocenters. The van der Waals surface area contributed by atoms with Gasteiger partial charge in [-0.05, 0) is 45.0 Å². The highest BCUT2D eigenvalue weighted by Gasteiger charge is 2.23. The average molecular weight is 403 g/mol. The molecule has 0 bridgehead atoms. The molecule has 1 aromatic carbocycles. The number of amides is 1. The fourth-order valence-corrected chi connectivity index (χ4v) is 3.24. The maximum Gasteiger partial charge on any atom is 0.295 e. The molecule has 8 nitrogen and oxygen atoms in total. The van der Waals surface area contributed by atoms with Crippen molar-refractivity contribution in [1.82, 2.24) is 25.1 Å². The number of aromatic nitrogens is 4. The van der Waals surface area contributed by atoms with Crippen molar-refractivity contribution >= 4 is 24.3 Å². The van der Waals surface area contributed by atoms with Gasteiger partial charge in [0.25, 0.3) is 5.91 Å². The first-order valence-electron chi connectivity index (χ1n) is 9.07. The number of carbonyl (C=O) groups is 1. The Kier molecular flexibility index (Phi) is 6.11. The van der Waals surface area contributed by atoms with Crippen molar-refractivity contribution in [1.29, 1.82) is 0 Å². The topological polar surface area (TPSA) is 97.9 Å². The lowest BCUT2D eigenvalue weighted by Gasteiger charge is -2.19. The number of nitrogens with one attached hydrogen (secondary N) is 2. The smallest absolute Gasteiger partial charge is 0.295 e. The van der Waals surface area contributed by atoms with Gasteiger partial charge in [0.15, 0.2) is 5.82 Å². The Bertz CT molecular complexity index is 947. The van der Waals surface area contributed by atoms with E-state index in [0.29, 0.717) is 23.5 Å². The molecule has 28 heavy (non-hydrogen) atoms. The first-order chi connectivity index (χ1) is 13.1. The minimum Gasteiger partial charge on any atom is -0.431 e. The average Bonchev–Trinajstić information content (AvgIpc) is 3.26. The first-order valence-corrected chi connectivity index (χ1v) is 9.07. The molecule has 1 aliphatic rings. The molecule has 0 aliphatic carbocycles. The van der Waals surface area contributed by atoms with E-state index in [2.05, 4.69) is 25.7 Å². The summed E-state index contributed by atoms with van der Waals surface area (Å²) < 4.78 is 7.30. The van der Waals surface area contributed by atoms with Crippen molar-refractivity contribution in [2.75, 3.05) is 18.4 Å². The minimum atomic E-state index is -0.380. The lowest BCUT2D eigenvalue weighted by molar-refractivity contribution is 0.0995. The van der Waals surface area contributed by atoms with Crippen molar-refractivity contribution in [2.24, 2.45) is 7.05 Å². The monoisotopic (exact) mass is 402 g/mol. The van der Waals surface area contributed by atoms with Crippen LogP contribution in [0.1, 0.15) is 40.8 Å². The van der Waals surface area contributed by atoms with Crippen LogP contribution in [0, 0.1) is 6.92 Å². The lowest BCUT2D eigenvalue weighted by atomic mass is 9.98. The summed E-state index contributed by atoms with van der Waals surface area (Å²) in [6, 6.07) is 9.50. The summed E-state index contributed by atoms with van der Waals surface area (Å²) in [6.45, 7) is 3.68. The summed E-state index contributed by atoms with van der Waals surface area (Å²) in [4.78, 5) is 21.6. The SMILES string of the molecule is Cc1nc(-c2ccccc2)oc1C(=O)Nc1nc(C2CCNCC2)nn1C.Cl. The summed E-state index contributed by atoms with van der Waals surface area (Å²) in [7, 11) is 1.77. The van der Waals surface area contributed by atoms with Crippen molar-refractivity contribution in [2.45, 2.75) is 25.7 Å². The van der Waals surface area contributed by atoms with Crippen LogP contribution in [0.15, 0.2) is 34.7 Å². The summed E-state index contributed by atoms with van der Waals surface area (Å²) in [5.74, 6) is 1.72. The molecule has 0 spiro atoms. The number of piperidine rings is 1. The molecule has 3 heterocycles. The maximum absolute atomic E-state index is 12.7. The van der Waals surface area contributed by atoms with Gasteiger partial charge in [0.1, 0.15) is 0 Å². The Morgan fingerprint density at radius 1 is 1.21 bits per heavy atom. The standard InChI is InChI=1S/C19H22N6O2.ClH/c1-12-15(27-18(21-12)14-6-4-3-5-7-14)17(26)23-19-22-16(24-25(19)2)13-8-10-20-11-9-13;/h3-7,13,20H,8-11H2,1-2H3,(H,22,23,24,26);1H. The largest absolute Gasteiger partial charge is 0.431 e. The van der Waals surface area contributed by atoms with E-state index >= 15 is 0 Å². The van der Waals surface area contributed by atoms with E-state index < -0.39 is 0 Å². The molecule has 2 aromatic heterocycles. The van der Waals surface area contributed by atoms with E-state index in [1.54, 1.807) is 18.7 Å². The normalized spacial score (nSPS) is 14.5. The number of anilines is 1. The molecule has 0 saturated carbocycles. The summed E-state index contributed by atoms with van der Waals surface area (Å²) >= 11 is 0. The Morgan fingerprint density at radius 2 is 1.93 bits per heavy atom. The van der Waals surface area contributed by atoms with Gasteiger partial charge in [-0.3, -0.25) is 10.1 Å². The number of hydrogen-bond acceptors (Lipinski definition) is 6. The van der Waals surface area contributed by atoms with E-state index in [4.69, 9.17) is 4.42 Å².